The van der Waals surface area contributed by atoms with Crippen molar-refractivity contribution in [2.45, 2.75) is 38.8 Å². The molecular formula is C14H19FN2O. The lowest BCUT2D eigenvalue weighted by Crippen LogP contribution is -2.43. The van der Waals surface area contributed by atoms with Crippen LogP contribution in [0.2, 0.25) is 0 Å². The molecular weight excluding hydrogens is 231 g/mol. The van der Waals surface area contributed by atoms with Crippen LogP contribution in [0.1, 0.15) is 37.8 Å². The summed E-state index contributed by atoms with van der Waals surface area (Å²) in [5, 5.41) is 8.91. The van der Waals surface area contributed by atoms with Gasteiger partial charge in [-0.15, -0.1) is 0 Å². The number of nitrogens with zero attached hydrogens (tertiary/aromatic N) is 1. The lowest BCUT2D eigenvalue weighted by molar-refractivity contribution is 0.0694. The first-order valence-electron chi connectivity index (χ1n) is 6.10. The molecule has 0 bridgehead atoms. The van der Waals surface area contributed by atoms with Crippen LogP contribution < -0.4 is 5.73 Å². The second kappa shape index (κ2) is 6.48. The van der Waals surface area contributed by atoms with Crippen molar-refractivity contribution >= 4 is 0 Å². The number of nitrogens with two attached hydrogens (primary N) is 1. The largest absolute Gasteiger partial charge is 0.375 e. The van der Waals surface area contributed by atoms with Gasteiger partial charge in [0.25, 0.3) is 0 Å². The molecule has 4 heteroatoms. The molecule has 0 unspecified atom stereocenters. The summed E-state index contributed by atoms with van der Waals surface area (Å²) in [5.74, 6) is -0.363. The summed E-state index contributed by atoms with van der Waals surface area (Å²) < 4.78 is 18.6. The van der Waals surface area contributed by atoms with Crippen LogP contribution in [0, 0.1) is 17.1 Å². The summed E-state index contributed by atoms with van der Waals surface area (Å²) in [6.07, 6.45) is 1.63. The van der Waals surface area contributed by atoms with Gasteiger partial charge in [0.15, 0.2) is 0 Å². The van der Waals surface area contributed by atoms with Gasteiger partial charge < -0.3 is 10.5 Å². The zero-order chi connectivity index (χ0) is 13.6. The predicted molar refractivity (Wildman–Crippen MR) is 68.3 cm³/mol. The smallest absolute Gasteiger partial charge is 0.123 e. The van der Waals surface area contributed by atoms with Gasteiger partial charge in [-0.05, 0) is 36.6 Å². The molecule has 1 aromatic rings. The van der Waals surface area contributed by atoms with Crippen molar-refractivity contribution in [3.05, 3.63) is 35.1 Å². The number of hydrogen-bond acceptors (Lipinski definition) is 3. The first-order valence-corrected chi connectivity index (χ1v) is 6.10. The predicted octanol–water partition coefficient (Wildman–Crippen LogP) is 2.73. The zero-order valence-corrected chi connectivity index (χ0v) is 10.9. The Bertz CT molecular complexity index is 436. The van der Waals surface area contributed by atoms with Gasteiger partial charge in [0.1, 0.15) is 5.82 Å². The van der Waals surface area contributed by atoms with Crippen LogP contribution in [-0.2, 0) is 11.3 Å². The van der Waals surface area contributed by atoms with E-state index >= 15 is 0 Å². The van der Waals surface area contributed by atoms with Crippen LogP contribution in [0.4, 0.5) is 4.39 Å². The molecule has 0 saturated carbocycles. The van der Waals surface area contributed by atoms with E-state index in [0.29, 0.717) is 17.7 Å². The molecule has 3 nitrogen and oxygen atoms in total. The Morgan fingerprint density at radius 3 is 2.61 bits per heavy atom. The molecule has 0 amide bonds. The quantitative estimate of drug-likeness (QED) is 0.844. The van der Waals surface area contributed by atoms with Gasteiger partial charge in [-0.25, -0.2) is 4.39 Å². The Labute approximate surface area is 107 Å². The van der Waals surface area contributed by atoms with Crippen molar-refractivity contribution in [1.82, 2.24) is 0 Å². The Balaban J connectivity index is 2.64. The normalized spacial score (nSPS) is 11.3. The minimum absolute atomic E-state index is 0.208. The molecule has 0 aliphatic carbocycles. The summed E-state index contributed by atoms with van der Waals surface area (Å²) >= 11 is 0. The van der Waals surface area contributed by atoms with Crippen LogP contribution in [-0.4, -0.2) is 12.1 Å². The van der Waals surface area contributed by atoms with Crippen LogP contribution in [0.25, 0.3) is 0 Å². The monoisotopic (exact) mass is 250 g/mol. The van der Waals surface area contributed by atoms with E-state index in [1.54, 1.807) is 0 Å². The maximum Gasteiger partial charge on any atom is 0.123 e. The first kappa shape index (κ1) is 14.6. The Morgan fingerprint density at radius 2 is 2.06 bits per heavy atom. The van der Waals surface area contributed by atoms with Gasteiger partial charge in [-0.3, -0.25) is 0 Å². The Morgan fingerprint density at radius 1 is 1.39 bits per heavy atom. The molecule has 0 radical (unpaired) electrons. The van der Waals surface area contributed by atoms with Crippen LogP contribution in [0.5, 0.6) is 0 Å². The second-order valence-corrected chi connectivity index (χ2v) is 4.48. The van der Waals surface area contributed by atoms with E-state index in [9.17, 15) is 4.39 Å². The lowest BCUT2D eigenvalue weighted by Gasteiger charge is -2.26. The van der Waals surface area contributed by atoms with E-state index in [-0.39, 0.29) is 18.0 Å². The van der Waals surface area contributed by atoms with Crippen molar-refractivity contribution in [3.63, 3.8) is 0 Å². The van der Waals surface area contributed by atoms with Crippen LogP contribution in [0.15, 0.2) is 18.2 Å². The van der Waals surface area contributed by atoms with Gasteiger partial charge in [0.05, 0.1) is 24.8 Å². The van der Waals surface area contributed by atoms with E-state index in [2.05, 4.69) is 0 Å². The summed E-state index contributed by atoms with van der Waals surface area (Å²) in [6.45, 7) is 4.63. The average molecular weight is 250 g/mol. The summed E-state index contributed by atoms with van der Waals surface area (Å²) in [7, 11) is 0. The second-order valence-electron chi connectivity index (χ2n) is 4.48. The SMILES string of the molecule is CCC(N)(CC)COCc1cc(F)ccc1C#N. The fourth-order valence-corrected chi connectivity index (χ4v) is 1.61. The zero-order valence-electron chi connectivity index (χ0n) is 10.9. The third-order valence-corrected chi connectivity index (χ3v) is 3.24. The first-order chi connectivity index (χ1) is 8.54. The number of hydrogen-bond donors (Lipinski definition) is 1. The van der Waals surface area contributed by atoms with Crippen molar-refractivity contribution in [2.24, 2.45) is 5.73 Å². The van der Waals surface area contributed by atoms with Crippen molar-refractivity contribution in [2.75, 3.05) is 6.61 Å². The summed E-state index contributed by atoms with van der Waals surface area (Å²) in [6, 6.07) is 6.08. The maximum atomic E-state index is 13.1. The molecule has 2 N–H and O–H groups in total. The molecule has 18 heavy (non-hydrogen) atoms. The highest BCUT2D eigenvalue weighted by molar-refractivity contribution is 5.37. The minimum Gasteiger partial charge on any atom is -0.375 e. The van der Waals surface area contributed by atoms with Gasteiger partial charge in [-0.2, -0.15) is 5.26 Å². The molecule has 0 heterocycles. The number of nitriles is 1. The summed E-state index contributed by atoms with van der Waals surface area (Å²) in [4.78, 5) is 0. The van der Waals surface area contributed by atoms with E-state index in [0.717, 1.165) is 12.8 Å². The molecule has 0 atom stereocenters. The topological polar surface area (TPSA) is 59.0 Å². The number of halogens is 1. The standard InChI is InChI=1S/C14H19FN2O/c1-3-14(17,4-2)10-18-9-12-7-13(15)6-5-11(12)8-16/h5-7H,3-4,9-10,17H2,1-2H3. The fraction of sp³-hybridized carbons (Fsp3) is 0.500. The Kier molecular flexibility index (Phi) is 5.26. The minimum atomic E-state index is -0.363. The van der Waals surface area contributed by atoms with Crippen molar-refractivity contribution in [3.8, 4) is 6.07 Å². The van der Waals surface area contributed by atoms with Gasteiger partial charge in [0, 0.05) is 5.54 Å². The molecule has 0 fully saturated rings. The highest BCUT2D eigenvalue weighted by Gasteiger charge is 2.20. The molecule has 0 aromatic heterocycles. The fourth-order valence-electron chi connectivity index (χ4n) is 1.61. The van der Waals surface area contributed by atoms with E-state index < -0.39 is 0 Å². The number of ether oxygens (including phenoxy) is 1. The molecule has 1 aromatic carbocycles. The molecule has 0 saturated heterocycles. The third kappa shape index (κ3) is 3.80. The summed E-state index contributed by atoms with van der Waals surface area (Å²) in [5.41, 5.74) is 6.75. The molecule has 0 spiro atoms. The lowest BCUT2D eigenvalue weighted by atomic mass is 9.96. The molecule has 1 rings (SSSR count). The molecule has 98 valence electrons. The van der Waals surface area contributed by atoms with Gasteiger partial charge in [-0.1, -0.05) is 13.8 Å². The van der Waals surface area contributed by atoms with E-state index in [1.165, 1.54) is 18.2 Å². The average Bonchev–Trinajstić information content (AvgIpc) is 2.39. The maximum absolute atomic E-state index is 13.1. The highest BCUT2D eigenvalue weighted by Crippen LogP contribution is 2.15. The van der Waals surface area contributed by atoms with Crippen molar-refractivity contribution in [1.29, 1.82) is 5.26 Å². The Hall–Kier alpha value is -1.44. The number of rotatable bonds is 6. The van der Waals surface area contributed by atoms with Crippen molar-refractivity contribution < 1.29 is 9.13 Å². The van der Waals surface area contributed by atoms with Gasteiger partial charge in [0.2, 0.25) is 0 Å². The van der Waals surface area contributed by atoms with Gasteiger partial charge >= 0.3 is 0 Å². The van der Waals surface area contributed by atoms with Crippen LogP contribution >= 0.6 is 0 Å². The molecule has 0 aliphatic heterocycles. The number of benzene rings is 1. The molecule has 0 aliphatic rings. The van der Waals surface area contributed by atoms with E-state index in [4.69, 9.17) is 15.7 Å². The highest BCUT2D eigenvalue weighted by atomic mass is 19.1. The van der Waals surface area contributed by atoms with E-state index in [1.807, 2.05) is 19.9 Å². The van der Waals surface area contributed by atoms with Crippen LogP contribution in [0.3, 0.4) is 0 Å². The third-order valence-electron chi connectivity index (χ3n) is 3.24.